The minimum Gasteiger partial charge on any atom is -0.494 e. The first-order chi connectivity index (χ1) is 17.4. The number of halogens is 2. The van der Waals surface area contributed by atoms with Crippen molar-refractivity contribution in [1.82, 2.24) is 10.2 Å². The Morgan fingerprint density at radius 2 is 1.69 bits per heavy atom. The van der Waals surface area contributed by atoms with Gasteiger partial charge in [0.15, 0.2) is 5.11 Å². The quantitative estimate of drug-likeness (QED) is 0.365. The lowest BCUT2D eigenvalue weighted by molar-refractivity contribution is 0.0977. The standard InChI is InChI=1S/C27H28Cl2N4O2S/c1-2-35-22-10-7-19(8-11-22)26(34)31-27(36)30-21-9-12-25(24(29)17-21)33-15-13-32(14-16-33)18-20-5-3-4-6-23(20)28/h3-12,17H,2,13-16,18H2,1H3,(H2,30,31,34,36). The van der Waals surface area contributed by atoms with E-state index in [-0.39, 0.29) is 11.0 Å². The van der Waals surface area contributed by atoms with E-state index in [0.29, 0.717) is 28.6 Å². The lowest BCUT2D eigenvalue weighted by Gasteiger charge is -2.36. The molecule has 3 aromatic rings. The van der Waals surface area contributed by atoms with Gasteiger partial charge in [-0.05, 0) is 73.2 Å². The summed E-state index contributed by atoms with van der Waals surface area (Å²) in [5.41, 5.74) is 3.32. The lowest BCUT2D eigenvalue weighted by Crippen LogP contribution is -2.46. The molecule has 188 valence electrons. The molecule has 36 heavy (non-hydrogen) atoms. The first-order valence-corrected chi connectivity index (χ1v) is 12.9. The van der Waals surface area contributed by atoms with Crippen LogP contribution in [-0.4, -0.2) is 48.7 Å². The molecule has 0 spiro atoms. The predicted octanol–water partition coefficient (Wildman–Crippen LogP) is 5.84. The van der Waals surface area contributed by atoms with Gasteiger partial charge in [0.25, 0.3) is 5.91 Å². The minimum absolute atomic E-state index is 0.200. The van der Waals surface area contributed by atoms with Crippen LogP contribution in [0, 0.1) is 0 Å². The van der Waals surface area contributed by atoms with Gasteiger partial charge < -0.3 is 15.0 Å². The van der Waals surface area contributed by atoms with Crippen molar-refractivity contribution >= 4 is 57.8 Å². The second-order valence-corrected chi connectivity index (χ2v) is 9.61. The van der Waals surface area contributed by atoms with Crippen molar-refractivity contribution in [3.8, 4) is 5.75 Å². The zero-order valence-corrected chi connectivity index (χ0v) is 22.3. The Hall–Kier alpha value is -2.84. The van der Waals surface area contributed by atoms with Crippen molar-refractivity contribution in [2.75, 3.05) is 43.0 Å². The minimum atomic E-state index is -0.298. The number of rotatable bonds is 7. The molecule has 0 aromatic heterocycles. The number of thiocarbonyl (C=S) groups is 1. The zero-order valence-electron chi connectivity index (χ0n) is 20.0. The van der Waals surface area contributed by atoms with Gasteiger partial charge in [-0.25, -0.2) is 0 Å². The van der Waals surface area contributed by atoms with Crippen molar-refractivity contribution in [2.45, 2.75) is 13.5 Å². The van der Waals surface area contributed by atoms with Gasteiger partial charge in [0.1, 0.15) is 5.75 Å². The normalized spacial score (nSPS) is 13.8. The molecule has 1 saturated heterocycles. The molecule has 0 atom stereocenters. The molecular weight excluding hydrogens is 515 g/mol. The summed E-state index contributed by atoms with van der Waals surface area (Å²) < 4.78 is 5.41. The highest BCUT2D eigenvalue weighted by molar-refractivity contribution is 7.80. The Labute approximate surface area is 227 Å². The lowest BCUT2D eigenvalue weighted by atomic mass is 10.2. The van der Waals surface area contributed by atoms with Crippen molar-refractivity contribution in [2.24, 2.45) is 0 Å². The molecule has 0 unspecified atom stereocenters. The molecule has 1 aliphatic rings. The third-order valence-corrected chi connectivity index (χ3v) is 6.80. The van der Waals surface area contributed by atoms with Crippen molar-refractivity contribution in [3.05, 3.63) is 87.9 Å². The molecule has 0 saturated carbocycles. The molecule has 3 aromatic carbocycles. The summed E-state index contributed by atoms with van der Waals surface area (Å²) in [7, 11) is 0. The summed E-state index contributed by atoms with van der Waals surface area (Å²) >= 11 is 18.3. The average molecular weight is 544 g/mol. The second-order valence-electron chi connectivity index (χ2n) is 8.39. The maximum Gasteiger partial charge on any atom is 0.257 e. The first kappa shape index (κ1) is 26.2. The number of carbonyl (C=O) groups excluding carboxylic acids is 1. The highest BCUT2D eigenvalue weighted by Gasteiger charge is 2.20. The summed E-state index contributed by atoms with van der Waals surface area (Å²) in [6.45, 7) is 6.89. The van der Waals surface area contributed by atoms with Gasteiger partial charge in [-0.3, -0.25) is 15.0 Å². The highest BCUT2D eigenvalue weighted by Crippen LogP contribution is 2.30. The van der Waals surface area contributed by atoms with E-state index in [0.717, 1.165) is 49.0 Å². The van der Waals surface area contributed by atoms with Gasteiger partial charge in [0.2, 0.25) is 0 Å². The van der Waals surface area contributed by atoms with Gasteiger partial charge in [-0.2, -0.15) is 0 Å². The van der Waals surface area contributed by atoms with Crippen molar-refractivity contribution in [3.63, 3.8) is 0 Å². The fourth-order valence-electron chi connectivity index (χ4n) is 4.06. The summed E-state index contributed by atoms with van der Waals surface area (Å²) in [6.07, 6.45) is 0. The van der Waals surface area contributed by atoms with E-state index in [1.807, 2.05) is 43.3 Å². The van der Waals surface area contributed by atoms with Crippen LogP contribution in [0.3, 0.4) is 0 Å². The van der Waals surface area contributed by atoms with Crippen LogP contribution in [0.2, 0.25) is 10.0 Å². The molecule has 2 N–H and O–H groups in total. The Morgan fingerprint density at radius 1 is 0.972 bits per heavy atom. The fraction of sp³-hybridized carbons (Fsp3) is 0.259. The summed E-state index contributed by atoms with van der Waals surface area (Å²) in [5, 5.41) is 7.36. The molecule has 9 heteroatoms. The molecule has 1 heterocycles. The number of nitrogens with one attached hydrogen (secondary N) is 2. The van der Waals surface area contributed by atoms with E-state index in [9.17, 15) is 4.79 Å². The molecule has 4 rings (SSSR count). The Morgan fingerprint density at radius 3 is 2.36 bits per heavy atom. The molecule has 1 amide bonds. The molecule has 0 aliphatic carbocycles. The number of nitrogens with zero attached hydrogens (tertiary/aromatic N) is 2. The van der Waals surface area contributed by atoms with Crippen LogP contribution in [0.1, 0.15) is 22.8 Å². The van der Waals surface area contributed by atoms with Crippen molar-refractivity contribution < 1.29 is 9.53 Å². The monoisotopic (exact) mass is 542 g/mol. The largest absolute Gasteiger partial charge is 0.494 e. The topological polar surface area (TPSA) is 56.8 Å². The van der Waals surface area contributed by atoms with E-state index < -0.39 is 0 Å². The maximum absolute atomic E-state index is 12.5. The van der Waals surface area contributed by atoms with Crippen LogP contribution in [0.5, 0.6) is 5.75 Å². The third kappa shape index (κ3) is 6.89. The number of benzene rings is 3. The fourth-order valence-corrected chi connectivity index (χ4v) is 4.77. The molecule has 0 bridgehead atoms. The highest BCUT2D eigenvalue weighted by atomic mass is 35.5. The molecule has 6 nitrogen and oxygen atoms in total. The first-order valence-electron chi connectivity index (χ1n) is 11.8. The number of hydrogen-bond acceptors (Lipinski definition) is 5. The number of anilines is 2. The van der Waals surface area contributed by atoms with Crippen LogP contribution in [0.15, 0.2) is 66.7 Å². The number of hydrogen-bond donors (Lipinski definition) is 2. The van der Waals surface area contributed by atoms with E-state index in [4.69, 9.17) is 40.2 Å². The van der Waals surface area contributed by atoms with Crippen LogP contribution in [0.4, 0.5) is 11.4 Å². The van der Waals surface area contributed by atoms with E-state index in [1.54, 1.807) is 24.3 Å². The molecule has 1 fully saturated rings. The SMILES string of the molecule is CCOc1ccc(C(=O)NC(=S)Nc2ccc(N3CCN(Cc4ccccc4Cl)CC3)c(Cl)c2)cc1. The number of carbonyl (C=O) groups is 1. The van der Waals surface area contributed by atoms with E-state index >= 15 is 0 Å². The van der Waals surface area contributed by atoms with E-state index in [1.165, 1.54) is 0 Å². The van der Waals surface area contributed by atoms with Crippen LogP contribution in [-0.2, 0) is 6.54 Å². The van der Waals surface area contributed by atoms with Gasteiger partial charge in [0.05, 0.1) is 17.3 Å². The zero-order chi connectivity index (χ0) is 25.5. The van der Waals surface area contributed by atoms with Crippen LogP contribution in [0.25, 0.3) is 0 Å². The van der Waals surface area contributed by atoms with Crippen LogP contribution < -0.4 is 20.3 Å². The smallest absolute Gasteiger partial charge is 0.257 e. The number of amides is 1. The van der Waals surface area contributed by atoms with Crippen LogP contribution >= 0.6 is 35.4 Å². The van der Waals surface area contributed by atoms with Gasteiger partial charge >= 0.3 is 0 Å². The molecule has 0 radical (unpaired) electrons. The third-order valence-electron chi connectivity index (χ3n) is 5.92. The van der Waals surface area contributed by atoms with Crippen molar-refractivity contribution in [1.29, 1.82) is 0 Å². The number of ether oxygens (including phenoxy) is 1. The summed E-state index contributed by atoms with van der Waals surface area (Å²) in [5.74, 6) is 0.416. The van der Waals surface area contributed by atoms with E-state index in [2.05, 4.69) is 26.5 Å². The maximum atomic E-state index is 12.5. The molecular formula is C27H28Cl2N4O2S. The second kappa shape index (κ2) is 12.4. The Balaban J connectivity index is 1.29. The Kier molecular flexibility index (Phi) is 9.04. The Bertz CT molecular complexity index is 1210. The summed E-state index contributed by atoms with van der Waals surface area (Å²) in [4.78, 5) is 17.2. The predicted molar refractivity (Wildman–Crippen MR) is 152 cm³/mol. The van der Waals surface area contributed by atoms with Gasteiger partial charge in [-0.1, -0.05) is 41.4 Å². The van der Waals surface area contributed by atoms with Gasteiger partial charge in [-0.15, -0.1) is 0 Å². The average Bonchev–Trinajstić information content (AvgIpc) is 2.87. The summed E-state index contributed by atoms with van der Waals surface area (Å²) in [6, 6.07) is 20.6. The number of piperazine rings is 1. The van der Waals surface area contributed by atoms with Gasteiger partial charge in [0, 0.05) is 49.0 Å². The molecule has 1 aliphatic heterocycles.